The molecule has 0 aliphatic carbocycles. The minimum Gasteiger partial charge on any atom is -0.453 e. The van der Waals surface area contributed by atoms with Crippen LogP contribution in [-0.2, 0) is 4.74 Å². The Morgan fingerprint density at radius 1 is 1.44 bits per heavy atom. The lowest BCUT2D eigenvalue weighted by atomic mass is 10.0. The Kier molecular flexibility index (Phi) is 3.77. The fraction of sp³-hybridized carbons (Fsp3) is 0.357. The molecule has 0 saturated heterocycles. The summed E-state index contributed by atoms with van der Waals surface area (Å²) in [5, 5.41) is 0.609. The number of carbonyl (C=O) groups excluding carboxylic acids is 1. The number of hydrogen-bond donors (Lipinski definition) is 0. The van der Waals surface area contributed by atoms with Gasteiger partial charge >= 0.3 is 0 Å². The van der Waals surface area contributed by atoms with Gasteiger partial charge in [0.05, 0.1) is 0 Å². The van der Waals surface area contributed by atoms with Crippen LogP contribution in [-0.4, -0.2) is 19.5 Å². The van der Waals surface area contributed by atoms with Gasteiger partial charge in [-0.25, -0.2) is 4.39 Å². The van der Waals surface area contributed by atoms with Gasteiger partial charge in [-0.1, -0.05) is 6.92 Å². The Balaban J connectivity index is 2.18. The van der Waals surface area contributed by atoms with E-state index in [2.05, 4.69) is 0 Å². The molecule has 1 atom stereocenters. The topological polar surface area (TPSA) is 39.4 Å². The number of ketones is 1. The molecule has 1 aromatic carbocycles. The standard InChI is InChI=1S/C14H15FO3/c1-9(8-17-2)5-12(16)14-7-10-6-11(15)3-4-13(10)18-14/h3-4,6-7,9H,5,8H2,1-2H3. The van der Waals surface area contributed by atoms with Gasteiger partial charge in [0.2, 0.25) is 0 Å². The van der Waals surface area contributed by atoms with Crippen molar-refractivity contribution in [3.8, 4) is 0 Å². The molecule has 0 aliphatic heterocycles. The summed E-state index contributed by atoms with van der Waals surface area (Å²) in [6, 6.07) is 5.78. The summed E-state index contributed by atoms with van der Waals surface area (Å²) in [7, 11) is 1.60. The zero-order valence-corrected chi connectivity index (χ0v) is 10.4. The maximum Gasteiger partial charge on any atom is 0.198 e. The third-order valence-electron chi connectivity index (χ3n) is 2.74. The van der Waals surface area contributed by atoms with E-state index in [0.29, 0.717) is 24.0 Å². The number of methoxy groups -OCH3 is 1. The fourth-order valence-corrected chi connectivity index (χ4v) is 1.91. The van der Waals surface area contributed by atoms with E-state index in [1.165, 1.54) is 18.2 Å². The van der Waals surface area contributed by atoms with Gasteiger partial charge in [-0.3, -0.25) is 4.79 Å². The number of ether oxygens (including phenoxy) is 1. The van der Waals surface area contributed by atoms with Crippen LogP contribution in [0.3, 0.4) is 0 Å². The van der Waals surface area contributed by atoms with Gasteiger partial charge in [-0.05, 0) is 30.2 Å². The molecule has 0 aliphatic rings. The molecular formula is C14H15FO3. The molecule has 18 heavy (non-hydrogen) atoms. The molecule has 0 spiro atoms. The lowest BCUT2D eigenvalue weighted by molar-refractivity contribution is 0.0895. The summed E-state index contributed by atoms with van der Waals surface area (Å²) in [6.07, 6.45) is 0.357. The Labute approximate surface area is 105 Å². The molecule has 1 heterocycles. The molecule has 0 N–H and O–H groups in total. The van der Waals surface area contributed by atoms with E-state index in [4.69, 9.17) is 9.15 Å². The zero-order chi connectivity index (χ0) is 13.1. The van der Waals surface area contributed by atoms with Gasteiger partial charge in [-0.2, -0.15) is 0 Å². The normalized spacial score (nSPS) is 12.8. The lowest BCUT2D eigenvalue weighted by Gasteiger charge is -2.07. The summed E-state index contributed by atoms with van der Waals surface area (Å²) < 4.78 is 23.4. The molecule has 4 heteroatoms. The maximum atomic E-state index is 13.0. The molecule has 0 amide bonds. The van der Waals surface area contributed by atoms with Gasteiger partial charge < -0.3 is 9.15 Å². The minimum atomic E-state index is -0.338. The Bertz CT molecular complexity index is 559. The molecule has 0 fully saturated rings. The third-order valence-corrected chi connectivity index (χ3v) is 2.74. The smallest absolute Gasteiger partial charge is 0.198 e. The molecule has 2 aromatic rings. The number of hydrogen-bond acceptors (Lipinski definition) is 3. The molecule has 1 unspecified atom stereocenters. The van der Waals surface area contributed by atoms with Gasteiger partial charge in [-0.15, -0.1) is 0 Å². The Morgan fingerprint density at radius 2 is 2.22 bits per heavy atom. The maximum absolute atomic E-state index is 13.0. The lowest BCUT2D eigenvalue weighted by Crippen LogP contribution is -2.10. The average Bonchev–Trinajstić information content (AvgIpc) is 2.72. The van der Waals surface area contributed by atoms with Crippen LogP contribution >= 0.6 is 0 Å². The van der Waals surface area contributed by atoms with E-state index in [1.54, 1.807) is 13.2 Å². The van der Waals surface area contributed by atoms with Crippen LogP contribution in [0, 0.1) is 11.7 Å². The first kappa shape index (κ1) is 12.8. The third kappa shape index (κ3) is 2.76. The highest BCUT2D eigenvalue weighted by molar-refractivity contribution is 5.97. The summed E-state index contributed by atoms with van der Waals surface area (Å²) in [4.78, 5) is 11.9. The van der Waals surface area contributed by atoms with Crippen LogP contribution in [0.4, 0.5) is 4.39 Å². The minimum absolute atomic E-state index is 0.0869. The quantitative estimate of drug-likeness (QED) is 0.763. The summed E-state index contributed by atoms with van der Waals surface area (Å²) in [5.74, 6) is -0.0165. The molecular weight excluding hydrogens is 235 g/mol. The molecule has 0 radical (unpaired) electrons. The average molecular weight is 250 g/mol. The van der Waals surface area contributed by atoms with Crippen LogP contribution in [0.1, 0.15) is 23.9 Å². The van der Waals surface area contributed by atoms with Crippen LogP contribution < -0.4 is 0 Å². The number of halogens is 1. The first-order valence-corrected chi connectivity index (χ1v) is 5.81. The van der Waals surface area contributed by atoms with E-state index in [-0.39, 0.29) is 23.3 Å². The zero-order valence-electron chi connectivity index (χ0n) is 10.4. The molecule has 0 saturated carbocycles. The van der Waals surface area contributed by atoms with Crippen molar-refractivity contribution in [3.63, 3.8) is 0 Å². The van der Waals surface area contributed by atoms with E-state index in [0.717, 1.165) is 0 Å². The van der Waals surface area contributed by atoms with E-state index in [9.17, 15) is 9.18 Å². The van der Waals surface area contributed by atoms with Crippen molar-refractivity contribution < 1.29 is 18.3 Å². The number of carbonyl (C=O) groups is 1. The highest BCUT2D eigenvalue weighted by Gasteiger charge is 2.15. The predicted molar refractivity (Wildman–Crippen MR) is 66.2 cm³/mol. The molecule has 96 valence electrons. The number of rotatable bonds is 5. The highest BCUT2D eigenvalue weighted by Crippen LogP contribution is 2.22. The van der Waals surface area contributed by atoms with Crippen LogP contribution in [0.15, 0.2) is 28.7 Å². The first-order valence-electron chi connectivity index (χ1n) is 5.81. The van der Waals surface area contributed by atoms with Crippen molar-refractivity contribution in [1.82, 2.24) is 0 Å². The number of furan rings is 1. The van der Waals surface area contributed by atoms with Gasteiger partial charge in [0.15, 0.2) is 11.5 Å². The second-order valence-corrected chi connectivity index (χ2v) is 4.48. The van der Waals surface area contributed by atoms with Crippen molar-refractivity contribution in [2.45, 2.75) is 13.3 Å². The van der Waals surface area contributed by atoms with Crippen LogP contribution in [0.2, 0.25) is 0 Å². The van der Waals surface area contributed by atoms with Crippen molar-refractivity contribution in [1.29, 1.82) is 0 Å². The molecule has 1 aromatic heterocycles. The summed E-state index contributed by atoms with van der Waals surface area (Å²) in [5.41, 5.74) is 0.527. The largest absolute Gasteiger partial charge is 0.453 e. The second-order valence-electron chi connectivity index (χ2n) is 4.48. The van der Waals surface area contributed by atoms with Gasteiger partial charge in [0.1, 0.15) is 11.4 Å². The van der Waals surface area contributed by atoms with Crippen LogP contribution in [0.5, 0.6) is 0 Å². The molecule has 2 rings (SSSR count). The van der Waals surface area contributed by atoms with E-state index in [1.807, 2.05) is 6.92 Å². The predicted octanol–water partition coefficient (Wildman–Crippen LogP) is 3.43. The highest BCUT2D eigenvalue weighted by atomic mass is 19.1. The number of fused-ring (bicyclic) bond motifs is 1. The second kappa shape index (κ2) is 5.31. The monoisotopic (exact) mass is 250 g/mol. The van der Waals surface area contributed by atoms with Crippen LogP contribution in [0.25, 0.3) is 11.0 Å². The van der Waals surface area contributed by atoms with Crippen molar-refractivity contribution in [2.24, 2.45) is 5.92 Å². The Morgan fingerprint density at radius 3 is 2.94 bits per heavy atom. The number of benzene rings is 1. The summed E-state index contributed by atoms with van der Waals surface area (Å²) in [6.45, 7) is 2.46. The SMILES string of the molecule is COCC(C)CC(=O)c1cc2cc(F)ccc2o1. The van der Waals surface area contributed by atoms with Crippen molar-refractivity contribution in [2.75, 3.05) is 13.7 Å². The Hall–Kier alpha value is -1.68. The van der Waals surface area contributed by atoms with E-state index >= 15 is 0 Å². The van der Waals surface area contributed by atoms with Crippen molar-refractivity contribution >= 4 is 16.8 Å². The van der Waals surface area contributed by atoms with Gasteiger partial charge in [0, 0.05) is 25.5 Å². The molecule has 0 bridgehead atoms. The van der Waals surface area contributed by atoms with Crippen molar-refractivity contribution in [3.05, 3.63) is 35.8 Å². The van der Waals surface area contributed by atoms with E-state index < -0.39 is 0 Å². The number of Topliss-reactive ketones (excluding diaryl/α,β-unsaturated/α-hetero) is 1. The summed E-state index contributed by atoms with van der Waals surface area (Å²) >= 11 is 0. The van der Waals surface area contributed by atoms with Gasteiger partial charge in [0.25, 0.3) is 0 Å². The first-order chi connectivity index (χ1) is 8.60. The fourth-order valence-electron chi connectivity index (χ4n) is 1.91. The molecule has 3 nitrogen and oxygen atoms in total.